The highest BCUT2D eigenvalue weighted by Crippen LogP contribution is 2.30. The molecular formula is C20H20F2N8O. The molecule has 160 valence electrons. The van der Waals surface area contributed by atoms with Crippen LogP contribution in [-0.4, -0.2) is 52.3 Å². The highest BCUT2D eigenvalue weighted by atomic mass is 19.3. The second kappa shape index (κ2) is 7.56. The van der Waals surface area contributed by atoms with Gasteiger partial charge in [0.15, 0.2) is 11.5 Å². The van der Waals surface area contributed by atoms with Gasteiger partial charge < -0.3 is 10.0 Å². The Labute approximate surface area is 176 Å². The van der Waals surface area contributed by atoms with Gasteiger partial charge in [-0.15, -0.1) is 0 Å². The highest BCUT2D eigenvalue weighted by Gasteiger charge is 2.25. The predicted octanol–water partition coefficient (Wildman–Crippen LogP) is 2.95. The average Bonchev–Trinajstić information content (AvgIpc) is 3.36. The van der Waals surface area contributed by atoms with Crippen LogP contribution >= 0.6 is 0 Å². The normalized spacial score (nSPS) is 17.0. The van der Waals surface area contributed by atoms with E-state index in [9.17, 15) is 13.9 Å². The Morgan fingerprint density at radius 2 is 2.06 bits per heavy atom. The van der Waals surface area contributed by atoms with E-state index < -0.39 is 6.43 Å². The molecule has 4 aromatic rings. The number of piperidine rings is 1. The van der Waals surface area contributed by atoms with E-state index in [1.807, 2.05) is 6.07 Å². The molecule has 0 spiro atoms. The van der Waals surface area contributed by atoms with Gasteiger partial charge >= 0.3 is 0 Å². The maximum atomic E-state index is 13.1. The summed E-state index contributed by atoms with van der Waals surface area (Å²) in [6.45, 7) is 1.54. The van der Waals surface area contributed by atoms with Gasteiger partial charge in [-0.3, -0.25) is 4.40 Å². The number of alkyl halides is 2. The molecule has 1 unspecified atom stereocenters. The number of aromatic hydroxyl groups is 1. The molecule has 11 heteroatoms. The standard InChI is InChI=1S/C20H20F2N8O/c1-28-18(31)7-13(27-28)12-3-2-6-29(10-12)16-4-5-23-20(26-16)15-8-25-17-9-24-14(19(21)22)11-30(15)17/h4-5,7-9,11-12,19,31H,2-3,6,10H2,1H3. The van der Waals surface area contributed by atoms with Crippen molar-refractivity contribution in [3.05, 3.63) is 48.3 Å². The number of aromatic nitrogens is 7. The Hall–Kier alpha value is -3.63. The average molecular weight is 426 g/mol. The number of hydrogen-bond acceptors (Lipinski definition) is 7. The van der Waals surface area contributed by atoms with Gasteiger partial charge in [-0.25, -0.2) is 33.4 Å². The fourth-order valence-electron chi connectivity index (χ4n) is 3.94. The SMILES string of the molecule is Cn1nc(C2CCCN(c3ccnc(-c4cnc5cnc(C(F)F)cn45)n3)C2)cc1O. The van der Waals surface area contributed by atoms with E-state index >= 15 is 0 Å². The Morgan fingerprint density at radius 1 is 1.19 bits per heavy atom. The maximum absolute atomic E-state index is 13.1. The van der Waals surface area contributed by atoms with Crippen molar-refractivity contribution in [2.75, 3.05) is 18.0 Å². The smallest absolute Gasteiger partial charge is 0.281 e. The second-order valence-electron chi connectivity index (χ2n) is 7.56. The molecule has 1 saturated heterocycles. The summed E-state index contributed by atoms with van der Waals surface area (Å²) in [7, 11) is 1.71. The van der Waals surface area contributed by atoms with E-state index in [2.05, 4.69) is 29.9 Å². The van der Waals surface area contributed by atoms with Gasteiger partial charge in [0, 0.05) is 44.5 Å². The molecule has 1 aliphatic heterocycles. The van der Waals surface area contributed by atoms with Crippen LogP contribution in [0.2, 0.25) is 0 Å². The number of anilines is 1. The number of hydrogen-bond donors (Lipinski definition) is 1. The van der Waals surface area contributed by atoms with Crippen LogP contribution in [0.15, 0.2) is 36.9 Å². The minimum Gasteiger partial charge on any atom is -0.493 e. The fraction of sp³-hybridized carbons (Fsp3) is 0.350. The van der Waals surface area contributed by atoms with E-state index in [1.165, 1.54) is 21.5 Å². The van der Waals surface area contributed by atoms with E-state index in [0.29, 0.717) is 23.7 Å². The molecule has 1 aliphatic rings. The molecule has 9 nitrogen and oxygen atoms in total. The summed E-state index contributed by atoms with van der Waals surface area (Å²) in [5.74, 6) is 1.46. The van der Waals surface area contributed by atoms with Crippen LogP contribution in [0.1, 0.15) is 36.6 Å². The fourth-order valence-corrected chi connectivity index (χ4v) is 3.94. The van der Waals surface area contributed by atoms with Crippen molar-refractivity contribution in [1.82, 2.24) is 34.1 Å². The van der Waals surface area contributed by atoms with Crippen molar-refractivity contribution < 1.29 is 13.9 Å². The first-order valence-corrected chi connectivity index (χ1v) is 9.92. The zero-order valence-corrected chi connectivity index (χ0v) is 16.7. The van der Waals surface area contributed by atoms with Crippen LogP contribution < -0.4 is 4.90 Å². The van der Waals surface area contributed by atoms with Gasteiger partial charge in [0.25, 0.3) is 6.43 Å². The molecule has 0 amide bonds. The number of halogens is 2. The first-order chi connectivity index (χ1) is 15.0. The van der Waals surface area contributed by atoms with E-state index in [0.717, 1.165) is 30.9 Å². The lowest BCUT2D eigenvalue weighted by Crippen LogP contribution is -2.35. The molecule has 0 saturated carbocycles. The molecule has 1 fully saturated rings. The zero-order chi connectivity index (χ0) is 21.5. The molecule has 1 N–H and O–H groups in total. The summed E-state index contributed by atoms with van der Waals surface area (Å²) >= 11 is 0. The summed E-state index contributed by atoms with van der Waals surface area (Å²) in [5.41, 5.74) is 1.49. The van der Waals surface area contributed by atoms with Gasteiger partial charge in [-0.05, 0) is 18.9 Å². The minimum atomic E-state index is -2.68. The van der Waals surface area contributed by atoms with E-state index in [4.69, 9.17) is 0 Å². The minimum absolute atomic E-state index is 0.140. The van der Waals surface area contributed by atoms with E-state index in [-0.39, 0.29) is 17.5 Å². The molecular weight excluding hydrogens is 406 g/mol. The lowest BCUT2D eigenvalue weighted by Gasteiger charge is -2.32. The van der Waals surface area contributed by atoms with Gasteiger partial charge in [0.1, 0.15) is 17.2 Å². The van der Waals surface area contributed by atoms with Crippen LogP contribution in [0.3, 0.4) is 0 Å². The highest BCUT2D eigenvalue weighted by molar-refractivity contribution is 5.58. The lowest BCUT2D eigenvalue weighted by atomic mass is 9.95. The topological polar surface area (TPSA) is 97.3 Å². The van der Waals surface area contributed by atoms with Gasteiger partial charge in [0.05, 0.1) is 18.1 Å². The number of rotatable bonds is 4. The summed E-state index contributed by atoms with van der Waals surface area (Å²) in [6.07, 6.45) is 5.05. The second-order valence-corrected chi connectivity index (χ2v) is 7.56. The van der Waals surface area contributed by atoms with Crippen LogP contribution in [0.5, 0.6) is 5.88 Å². The van der Waals surface area contributed by atoms with Crippen LogP contribution in [0.4, 0.5) is 14.6 Å². The quantitative estimate of drug-likeness (QED) is 0.536. The number of fused-ring (bicyclic) bond motifs is 1. The molecule has 4 aromatic heterocycles. The lowest BCUT2D eigenvalue weighted by molar-refractivity contribution is 0.145. The Kier molecular flexibility index (Phi) is 4.72. The van der Waals surface area contributed by atoms with E-state index in [1.54, 1.807) is 25.5 Å². The number of imidazole rings is 1. The molecule has 0 aromatic carbocycles. The molecule has 5 heterocycles. The third-order valence-corrected chi connectivity index (χ3v) is 5.55. The van der Waals surface area contributed by atoms with Gasteiger partial charge in [-0.2, -0.15) is 5.10 Å². The zero-order valence-electron chi connectivity index (χ0n) is 16.7. The molecule has 0 aliphatic carbocycles. The van der Waals surface area contributed by atoms with Gasteiger partial charge in [-0.1, -0.05) is 0 Å². The largest absolute Gasteiger partial charge is 0.493 e. The Balaban J connectivity index is 1.45. The first kappa shape index (κ1) is 19.3. The molecule has 1 atom stereocenters. The van der Waals surface area contributed by atoms with Crippen molar-refractivity contribution in [2.24, 2.45) is 7.05 Å². The van der Waals surface area contributed by atoms with Crippen LogP contribution in [-0.2, 0) is 7.05 Å². The van der Waals surface area contributed by atoms with Crippen molar-refractivity contribution in [3.63, 3.8) is 0 Å². The summed E-state index contributed by atoms with van der Waals surface area (Å²) in [5, 5.41) is 14.2. The summed E-state index contributed by atoms with van der Waals surface area (Å²) < 4.78 is 29.2. The van der Waals surface area contributed by atoms with Gasteiger partial charge in [0.2, 0.25) is 5.88 Å². The number of nitrogens with zero attached hydrogens (tertiary/aromatic N) is 8. The Bertz CT molecular complexity index is 1220. The third kappa shape index (κ3) is 3.56. The van der Waals surface area contributed by atoms with Crippen molar-refractivity contribution in [3.8, 4) is 17.4 Å². The molecule has 0 radical (unpaired) electrons. The van der Waals surface area contributed by atoms with Crippen molar-refractivity contribution >= 4 is 11.5 Å². The molecule has 0 bridgehead atoms. The summed E-state index contributed by atoms with van der Waals surface area (Å²) in [4.78, 5) is 19.1. The molecule has 31 heavy (non-hydrogen) atoms. The molecule has 5 rings (SSSR count). The first-order valence-electron chi connectivity index (χ1n) is 9.92. The number of aryl methyl sites for hydroxylation is 1. The van der Waals surface area contributed by atoms with Crippen LogP contribution in [0.25, 0.3) is 17.2 Å². The van der Waals surface area contributed by atoms with Crippen LogP contribution in [0, 0.1) is 0 Å². The third-order valence-electron chi connectivity index (χ3n) is 5.55. The summed E-state index contributed by atoms with van der Waals surface area (Å²) in [6, 6.07) is 3.53. The maximum Gasteiger partial charge on any atom is 0.281 e. The Morgan fingerprint density at radius 3 is 2.84 bits per heavy atom. The van der Waals surface area contributed by atoms with Crippen molar-refractivity contribution in [2.45, 2.75) is 25.2 Å². The monoisotopic (exact) mass is 426 g/mol. The predicted molar refractivity (Wildman–Crippen MR) is 108 cm³/mol. The van der Waals surface area contributed by atoms with Crippen molar-refractivity contribution in [1.29, 1.82) is 0 Å².